The average Bonchev–Trinajstić information content (AvgIpc) is 2.45. The molecule has 0 heterocycles. The highest BCUT2D eigenvalue weighted by Gasteiger charge is 2.03. The molecule has 0 aliphatic rings. The third-order valence-electron chi connectivity index (χ3n) is 2.89. The van der Waals surface area contributed by atoms with Crippen LogP contribution < -0.4 is 5.32 Å². The summed E-state index contributed by atoms with van der Waals surface area (Å²) in [5, 5.41) is 4.07. The Kier molecular flexibility index (Phi) is 5.03. The van der Waals surface area contributed by atoms with Gasteiger partial charge in [-0.3, -0.25) is 0 Å². The van der Waals surface area contributed by atoms with Gasteiger partial charge in [0.05, 0.1) is 0 Å². The number of benzene rings is 2. The summed E-state index contributed by atoms with van der Waals surface area (Å²) in [5.41, 5.74) is 3.37. The maximum atomic E-state index is 6.34. The van der Waals surface area contributed by atoms with Gasteiger partial charge in [0.1, 0.15) is 0 Å². The molecule has 0 unspecified atom stereocenters. The Balaban J connectivity index is 2.08. The molecular weight excluding hydrogens is 254 g/mol. The van der Waals surface area contributed by atoms with Crippen molar-refractivity contribution in [3.05, 3.63) is 59.1 Å². The van der Waals surface area contributed by atoms with E-state index in [1.165, 1.54) is 5.56 Å². The molecule has 0 aliphatic heterocycles. The summed E-state index contributed by atoms with van der Waals surface area (Å²) in [7, 11) is 0. The van der Waals surface area contributed by atoms with E-state index >= 15 is 0 Å². The van der Waals surface area contributed by atoms with E-state index < -0.39 is 0 Å². The number of hydrogen-bond acceptors (Lipinski definition) is 1. The summed E-state index contributed by atoms with van der Waals surface area (Å²) in [6.07, 6.45) is 5.95. The molecule has 0 fully saturated rings. The minimum Gasteiger partial charge on any atom is -0.312 e. The molecule has 0 aliphatic carbocycles. The van der Waals surface area contributed by atoms with Crippen LogP contribution in [0.15, 0.2) is 48.5 Å². The molecule has 0 saturated carbocycles. The van der Waals surface area contributed by atoms with E-state index in [0.29, 0.717) is 0 Å². The van der Waals surface area contributed by atoms with Crippen molar-refractivity contribution in [1.29, 1.82) is 0 Å². The number of hydrogen-bond donors (Lipinski definition) is 1. The molecule has 0 saturated heterocycles. The molecule has 96 valence electrons. The number of rotatable bonds is 5. The van der Waals surface area contributed by atoms with Crippen molar-refractivity contribution in [3.63, 3.8) is 0 Å². The van der Waals surface area contributed by atoms with Crippen LogP contribution in [0.3, 0.4) is 0 Å². The van der Waals surface area contributed by atoms with Crippen LogP contribution in [-0.2, 0) is 6.54 Å². The summed E-state index contributed by atoms with van der Waals surface area (Å²) in [6, 6.07) is 16.3. The van der Waals surface area contributed by atoms with E-state index in [0.717, 1.165) is 35.7 Å². The van der Waals surface area contributed by atoms with Crippen LogP contribution in [0.4, 0.5) is 0 Å². The largest absolute Gasteiger partial charge is 0.312 e. The Morgan fingerprint density at radius 3 is 2.58 bits per heavy atom. The van der Waals surface area contributed by atoms with Gasteiger partial charge in [-0.25, -0.2) is 0 Å². The smallest absolute Gasteiger partial charge is 0.0487 e. The molecule has 2 aromatic carbocycles. The molecule has 19 heavy (non-hydrogen) atoms. The van der Waals surface area contributed by atoms with Crippen molar-refractivity contribution in [1.82, 2.24) is 5.32 Å². The molecule has 1 nitrogen and oxygen atoms in total. The lowest BCUT2D eigenvalue weighted by Gasteiger charge is -2.08. The van der Waals surface area contributed by atoms with Gasteiger partial charge >= 0.3 is 0 Å². The minimum absolute atomic E-state index is 0.746. The highest BCUT2D eigenvalue weighted by atomic mass is 35.5. The van der Waals surface area contributed by atoms with Crippen LogP contribution in [0.1, 0.15) is 12.0 Å². The first-order valence-electron chi connectivity index (χ1n) is 6.29. The van der Waals surface area contributed by atoms with Crippen molar-refractivity contribution in [2.75, 3.05) is 6.54 Å². The van der Waals surface area contributed by atoms with Crippen molar-refractivity contribution < 1.29 is 0 Å². The van der Waals surface area contributed by atoms with Crippen molar-refractivity contribution in [3.8, 4) is 23.5 Å². The lowest BCUT2D eigenvalue weighted by Crippen LogP contribution is -2.14. The van der Waals surface area contributed by atoms with Crippen molar-refractivity contribution in [2.45, 2.75) is 13.0 Å². The van der Waals surface area contributed by atoms with Gasteiger partial charge in [-0.2, -0.15) is 0 Å². The van der Waals surface area contributed by atoms with Gasteiger partial charge in [-0.05, 0) is 17.2 Å². The Hall–Kier alpha value is -1.75. The molecule has 0 aromatic heterocycles. The van der Waals surface area contributed by atoms with Crippen molar-refractivity contribution in [2.24, 2.45) is 0 Å². The van der Waals surface area contributed by atoms with Crippen molar-refractivity contribution >= 4 is 11.6 Å². The third kappa shape index (κ3) is 3.86. The molecule has 2 aromatic rings. The summed E-state index contributed by atoms with van der Waals surface area (Å²) in [5.74, 6) is 2.61. The van der Waals surface area contributed by atoms with E-state index in [2.05, 4.69) is 35.5 Å². The highest BCUT2D eigenvalue weighted by molar-refractivity contribution is 6.33. The number of nitrogens with one attached hydrogen (secondary N) is 1. The maximum absolute atomic E-state index is 6.34. The summed E-state index contributed by atoms with van der Waals surface area (Å²) in [6.45, 7) is 1.62. The summed E-state index contributed by atoms with van der Waals surface area (Å²) >= 11 is 6.34. The molecular formula is C17H16ClN. The fourth-order valence-corrected chi connectivity index (χ4v) is 2.23. The predicted octanol–water partition coefficient (Wildman–Crippen LogP) is 4.12. The maximum Gasteiger partial charge on any atom is 0.0487 e. The first-order valence-corrected chi connectivity index (χ1v) is 6.67. The van der Waals surface area contributed by atoms with Crippen LogP contribution in [0, 0.1) is 12.3 Å². The number of terminal acetylenes is 1. The van der Waals surface area contributed by atoms with E-state index in [4.69, 9.17) is 18.0 Å². The van der Waals surface area contributed by atoms with E-state index in [-0.39, 0.29) is 0 Å². The van der Waals surface area contributed by atoms with Crippen LogP contribution in [-0.4, -0.2) is 6.54 Å². The average molecular weight is 270 g/mol. The molecule has 0 radical (unpaired) electrons. The molecule has 0 bridgehead atoms. The van der Waals surface area contributed by atoms with Crippen LogP contribution in [0.5, 0.6) is 0 Å². The van der Waals surface area contributed by atoms with Crippen LogP contribution >= 0.6 is 11.6 Å². The summed E-state index contributed by atoms with van der Waals surface area (Å²) in [4.78, 5) is 0. The molecule has 2 heteroatoms. The Bertz CT molecular complexity index is 570. The minimum atomic E-state index is 0.746. The standard InChI is InChI=1S/C17H16ClN/c1-2-3-11-19-13-14-9-10-16(17(18)12-14)15-7-5-4-6-8-15/h1,4-10,12,19H,3,11,13H2. The van der Waals surface area contributed by atoms with Gasteiger partial charge in [-0.1, -0.05) is 54.1 Å². The second-order valence-corrected chi connectivity index (χ2v) is 4.72. The summed E-state index contributed by atoms with van der Waals surface area (Å²) < 4.78 is 0. The van der Waals surface area contributed by atoms with Crippen LogP contribution in [0.2, 0.25) is 5.02 Å². The fraction of sp³-hybridized carbons (Fsp3) is 0.176. The molecule has 1 N–H and O–H groups in total. The zero-order chi connectivity index (χ0) is 13.5. The van der Waals surface area contributed by atoms with Gasteiger partial charge in [0, 0.05) is 30.1 Å². The van der Waals surface area contributed by atoms with Gasteiger partial charge in [0.15, 0.2) is 0 Å². The first kappa shape index (κ1) is 13.7. The second kappa shape index (κ2) is 6.99. The van der Waals surface area contributed by atoms with Gasteiger partial charge in [0.25, 0.3) is 0 Å². The molecule has 0 atom stereocenters. The SMILES string of the molecule is C#CCCNCc1ccc(-c2ccccc2)c(Cl)c1. The van der Waals surface area contributed by atoms with Gasteiger partial charge in [-0.15, -0.1) is 12.3 Å². The van der Waals surface area contributed by atoms with E-state index in [1.807, 2.05) is 24.3 Å². The normalized spacial score (nSPS) is 10.1. The fourth-order valence-electron chi connectivity index (χ4n) is 1.91. The quantitative estimate of drug-likeness (QED) is 0.636. The van der Waals surface area contributed by atoms with E-state index in [9.17, 15) is 0 Å². The predicted molar refractivity (Wildman–Crippen MR) is 82.0 cm³/mol. The Morgan fingerprint density at radius 1 is 1.11 bits per heavy atom. The van der Waals surface area contributed by atoms with E-state index in [1.54, 1.807) is 0 Å². The van der Waals surface area contributed by atoms with Crippen LogP contribution in [0.25, 0.3) is 11.1 Å². The first-order chi connectivity index (χ1) is 9.31. The Morgan fingerprint density at radius 2 is 1.89 bits per heavy atom. The zero-order valence-corrected chi connectivity index (χ0v) is 11.5. The second-order valence-electron chi connectivity index (χ2n) is 4.31. The molecule has 0 amide bonds. The van der Waals surface area contributed by atoms with Gasteiger partial charge < -0.3 is 5.32 Å². The lowest BCUT2D eigenvalue weighted by atomic mass is 10.0. The zero-order valence-electron chi connectivity index (χ0n) is 10.7. The molecule has 0 spiro atoms. The monoisotopic (exact) mass is 269 g/mol. The highest BCUT2D eigenvalue weighted by Crippen LogP contribution is 2.28. The van der Waals surface area contributed by atoms with Gasteiger partial charge in [0.2, 0.25) is 0 Å². The molecule has 2 rings (SSSR count). The lowest BCUT2D eigenvalue weighted by molar-refractivity contribution is 0.701. The Labute approximate surface area is 119 Å². The topological polar surface area (TPSA) is 12.0 Å². The number of halogens is 1. The third-order valence-corrected chi connectivity index (χ3v) is 3.21.